The number of anilines is 1. The van der Waals surface area contributed by atoms with Gasteiger partial charge in [-0.05, 0) is 54.7 Å². The van der Waals surface area contributed by atoms with Gasteiger partial charge in [0, 0.05) is 21.8 Å². The summed E-state index contributed by atoms with van der Waals surface area (Å²) in [6.07, 6.45) is 0. The Labute approximate surface area is 141 Å². The van der Waals surface area contributed by atoms with Gasteiger partial charge in [0.05, 0.1) is 5.97 Å². The summed E-state index contributed by atoms with van der Waals surface area (Å²) in [4.78, 5) is 22.8. The van der Waals surface area contributed by atoms with Crippen LogP contribution >= 0.6 is 23.8 Å². The van der Waals surface area contributed by atoms with E-state index in [2.05, 4.69) is 10.6 Å². The van der Waals surface area contributed by atoms with Gasteiger partial charge in [0.2, 0.25) is 0 Å². The number of aromatic carboxylic acids is 1. The Hall–Kier alpha value is -2.51. The molecule has 2 rings (SSSR count). The van der Waals surface area contributed by atoms with E-state index < -0.39 is 17.7 Å². The lowest BCUT2D eigenvalue weighted by Crippen LogP contribution is -2.34. The van der Waals surface area contributed by atoms with Crippen molar-refractivity contribution in [2.24, 2.45) is 0 Å². The molecule has 0 fully saturated rings. The van der Waals surface area contributed by atoms with Crippen molar-refractivity contribution in [2.45, 2.75) is 0 Å². The summed E-state index contributed by atoms with van der Waals surface area (Å²) >= 11 is 10.7. The Balaban J connectivity index is 2.05. The van der Waals surface area contributed by atoms with E-state index in [0.717, 1.165) is 12.1 Å². The molecule has 2 N–H and O–H groups in total. The quantitative estimate of drug-likeness (QED) is 0.826. The maximum atomic E-state index is 12.8. The molecule has 2 aromatic rings. The highest BCUT2D eigenvalue weighted by molar-refractivity contribution is 7.80. The number of carbonyl (C=O) groups excluding carboxylic acids is 2. The standard InChI is InChI=1S/C15H10ClFN2O3S/c16-12-6-5-10(7-11(12)14(21)22)18-15(23)19-13(20)8-1-3-9(17)4-2-8/h1-7H,(H,21,22)(H2,18,19,20,23)/p-1. The molecule has 0 aromatic heterocycles. The Morgan fingerprint density at radius 1 is 1.13 bits per heavy atom. The SMILES string of the molecule is O=C(NC(=S)Nc1ccc(Cl)c(C(=O)[O-])c1)c1ccc(F)cc1. The molecular formula is C15H9ClFN2O3S-. The van der Waals surface area contributed by atoms with Crippen LogP contribution in [0.4, 0.5) is 10.1 Å². The maximum Gasteiger partial charge on any atom is 0.257 e. The molecule has 0 heterocycles. The van der Waals surface area contributed by atoms with E-state index in [-0.39, 0.29) is 21.3 Å². The van der Waals surface area contributed by atoms with E-state index in [0.29, 0.717) is 5.69 Å². The van der Waals surface area contributed by atoms with Crippen LogP contribution < -0.4 is 15.7 Å². The summed E-state index contributed by atoms with van der Waals surface area (Å²) < 4.78 is 12.8. The van der Waals surface area contributed by atoms with Crippen molar-refractivity contribution in [2.75, 3.05) is 5.32 Å². The minimum atomic E-state index is -1.43. The number of nitrogens with one attached hydrogen (secondary N) is 2. The summed E-state index contributed by atoms with van der Waals surface area (Å²) in [5.41, 5.74) is 0.337. The molecule has 0 spiro atoms. The van der Waals surface area contributed by atoms with Crippen molar-refractivity contribution in [3.05, 3.63) is 64.4 Å². The largest absolute Gasteiger partial charge is 0.545 e. The van der Waals surface area contributed by atoms with E-state index in [1.807, 2.05) is 0 Å². The van der Waals surface area contributed by atoms with Gasteiger partial charge in [-0.25, -0.2) is 4.39 Å². The average molecular weight is 352 g/mol. The Kier molecular flexibility index (Phi) is 5.25. The van der Waals surface area contributed by atoms with E-state index in [1.54, 1.807) is 0 Å². The second-order valence-electron chi connectivity index (χ2n) is 4.40. The fourth-order valence-corrected chi connectivity index (χ4v) is 2.10. The third kappa shape index (κ3) is 4.48. The van der Waals surface area contributed by atoms with Gasteiger partial charge in [-0.1, -0.05) is 11.6 Å². The first-order valence-electron chi connectivity index (χ1n) is 6.25. The Bertz CT molecular complexity index is 781. The number of hydrogen-bond donors (Lipinski definition) is 2. The maximum absolute atomic E-state index is 12.8. The van der Waals surface area contributed by atoms with Crippen molar-refractivity contribution < 1.29 is 19.1 Å². The zero-order chi connectivity index (χ0) is 17.0. The van der Waals surface area contributed by atoms with Crippen molar-refractivity contribution in [1.82, 2.24) is 5.32 Å². The van der Waals surface area contributed by atoms with Crippen LogP contribution in [0.25, 0.3) is 0 Å². The Morgan fingerprint density at radius 2 is 1.78 bits per heavy atom. The predicted octanol–water partition coefficient (Wildman–Crippen LogP) is 1.97. The predicted molar refractivity (Wildman–Crippen MR) is 85.9 cm³/mol. The lowest BCUT2D eigenvalue weighted by atomic mass is 10.2. The second kappa shape index (κ2) is 7.17. The highest BCUT2D eigenvalue weighted by Gasteiger charge is 2.09. The molecule has 23 heavy (non-hydrogen) atoms. The zero-order valence-electron chi connectivity index (χ0n) is 11.4. The van der Waals surface area contributed by atoms with Crippen LogP contribution in [0.15, 0.2) is 42.5 Å². The average Bonchev–Trinajstić information content (AvgIpc) is 2.49. The molecule has 0 aliphatic rings. The fourth-order valence-electron chi connectivity index (χ4n) is 1.70. The molecule has 1 amide bonds. The lowest BCUT2D eigenvalue weighted by molar-refractivity contribution is -0.255. The zero-order valence-corrected chi connectivity index (χ0v) is 13.0. The van der Waals surface area contributed by atoms with E-state index in [9.17, 15) is 19.1 Å². The van der Waals surface area contributed by atoms with Gasteiger partial charge in [0.15, 0.2) is 5.11 Å². The van der Waals surface area contributed by atoms with Gasteiger partial charge in [-0.2, -0.15) is 0 Å². The molecule has 0 aliphatic carbocycles. The third-order valence-corrected chi connectivity index (χ3v) is 3.31. The number of carboxylic acids is 1. The van der Waals surface area contributed by atoms with Gasteiger partial charge in [-0.3, -0.25) is 10.1 Å². The summed E-state index contributed by atoms with van der Waals surface area (Å²) in [5.74, 6) is -2.42. The molecule has 0 radical (unpaired) electrons. The number of hydrogen-bond acceptors (Lipinski definition) is 4. The molecular weight excluding hydrogens is 343 g/mol. The molecule has 0 saturated heterocycles. The highest BCUT2D eigenvalue weighted by Crippen LogP contribution is 2.20. The van der Waals surface area contributed by atoms with Crippen molar-refractivity contribution in [3.63, 3.8) is 0 Å². The van der Waals surface area contributed by atoms with Crippen molar-refractivity contribution >= 4 is 46.5 Å². The number of thiocarbonyl (C=S) groups is 1. The van der Waals surface area contributed by atoms with Gasteiger partial charge in [-0.15, -0.1) is 0 Å². The molecule has 8 heteroatoms. The van der Waals surface area contributed by atoms with Crippen LogP contribution in [-0.2, 0) is 0 Å². The van der Waals surface area contributed by atoms with Gasteiger partial charge >= 0.3 is 0 Å². The number of halogens is 2. The van der Waals surface area contributed by atoms with E-state index >= 15 is 0 Å². The lowest BCUT2D eigenvalue weighted by Gasteiger charge is -2.12. The first-order valence-corrected chi connectivity index (χ1v) is 7.04. The van der Waals surface area contributed by atoms with Crippen LogP contribution in [0.3, 0.4) is 0 Å². The molecule has 0 saturated carbocycles. The Morgan fingerprint density at radius 3 is 2.39 bits per heavy atom. The number of amides is 1. The summed E-state index contributed by atoms with van der Waals surface area (Å²) in [6, 6.07) is 9.00. The van der Waals surface area contributed by atoms with Gasteiger partial charge in [0.1, 0.15) is 5.82 Å². The van der Waals surface area contributed by atoms with E-state index in [1.165, 1.54) is 30.3 Å². The summed E-state index contributed by atoms with van der Waals surface area (Å²) in [6.45, 7) is 0. The number of benzene rings is 2. The van der Waals surface area contributed by atoms with Crippen LogP contribution in [0, 0.1) is 5.82 Å². The molecule has 118 valence electrons. The molecule has 0 unspecified atom stereocenters. The molecule has 2 aromatic carbocycles. The number of rotatable bonds is 3. The molecule has 0 bridgehead atoms. The molecule has 0 atom stereocenters. The summed E-state index contributed by atoms with van der Waals surface area (Å²) in [5, 5.41) is 15.9. The van der Waals surface area contributed by atoms with Gasteiger partial charge in [0.25, 0.3) is 5.91 Å². The van der Waals surface area contributed by atoms with Crippen LogP contribution in [-0.4, -0.2) is 17.0 Å². The summed E-state index contributed by atoms with van der Waals surface area (Å²) in [7, 11) is 0. The topological polar surface area (TPSA) is 81.3 Å². The normalized spacial score (nSPS) is 10.0. The minimum Gasteiger partial charge on any atom is -0.545 e. The second-order valence-corrected chi connectivity index (χ2v) is 5.21. The van der Waals surface area contributed by atoms with Crippen LogP contribution in [0.2, 0.25) is 5.02 Å². The van der Waals surface area contributed by atoms with Crippen molar-refractivity contribution in [1.29, 1.82) is 0 Å². The van der Waals surface area contributed by atoms with Gasteiger partial charge < -0.3 is 15.2 Å². The number of carboxylic acid groups (broad SMARTS) is 1. The van der Waals surface area contributed by atoms with Crippen LogP contribution in [0.5, 0.6) is 0 Å². The first-order chi connectivity index (χ1) is 10.9. The minimum absolute atomic E-state index is 0.0248. The van der Waals surface area contributed by atoms with E-state index in [4.69, 9.17) is 23.8 Å². The smallest absolute Gasteiger partial charge is 0.257 e. The van der Waals surface area contributed by atoms with Crippen LogP contribution in [0.1, 0.15) is 20.7 Å². The third-order valence-electron chi connectivity index (χ3n) is 2.78. The van der Waals surface area contributed by atoms with Crippen molar-refractivity contribution in [3.8, 4) is 0 Å². The highest BCUT2D eigenvalue weighted by atomic mass is 35.5. The monoisotopic (exact) mass is 351 g/mol. The fraction of sp³-hybridized carbons (Fsp3) is 0. The molecule has 0 aliphatic heterocycles. The molecule has 5 nitrogen and oxygen atoms in total. The number of carbonyl (C=O) groups is 2. The first kappa shape index (κ1) is 16.9.